The highest BCUT2D eigenvalue weighted by atomic mass is 16.7. The van der Waals surface area contributed by atoms with E-state index in [0.717, 1.165) is 19.3 Å². The molecule has 0 aromatic heterocycles. The number of carbonyl (C=O) groups is 2. The normalized spacial score (nSPS) is 38.1. The van der Waals surface area contributed by atoms with Crippen LogP contribution in [0.15, 0.2) is 12.2 Å². The molecule has 3 aliphatic rings. The van der Waals surface area contributed by atoms with E-state index in [4.69, 9.17) is 4.84 Å². The van der Waals surface area contributed by atoms with Crippen molar-refractivity contribution < 1.29 is 19.5 Å². The second-order valence-electron chi connectivity index (χ2n) is 5.32. The van der Waals surface area contributed by atoms with Crippen molar-refractivity contribution >= 4 is 11.9 Å². The van der Waals surface area contributed by atoms with Crippen molar-refractivity contribution in [3.8, 4) is 0 Å². The maximum absolute atomic E-state index is 12.4. The summed E-state index contributed by atoms with van der Waals surface area (Å²) in [5.74, 6) is -1.91. The quantitative estimate of drug-likeness (QED) is 0.745. The fourth-order valence-corrected chi connectivity index (χ4v) is 3.43. The third kappa shape index (κ3) is 1.73. The van der Waals surface area contributed by atoms with Gasteiger partial charge in [0.2, 0.25) is 0 Å². The van der Waals surface area contributed by atoms with Crippen LogP contribution in [0.3, 0.4) is 0 Å². The third-order valence-electron chi connectivity index (χ3n) is 4.28. The van der Waals surface area contributed by atoms with Crippen LogP contribution < -0.4 is 0 Å². The molecular weight excluding hydrogens is 234 g/mol. The first kappa shape index (κ1) is 11.7. The molecule has 4 atom stereocenters. The number of allylic oxidation sites excluding steroid dienone is 2. The molecule has 0 aromatic carbocycles. The van der Waals surface area contributed by atoms with Gasteiger partial charge in [-0.15, -0.1) is 0 Å². The molecule has 0 spiro atoms. The highest BCUT2D eigenvalue weighted by molar-refractivity contribution is 5.86. The van der Waals surface area contributed by atoms with Gasteiger partial charge in [0.05, 0.1) is 18.4 Å². The van der Waals surface area contributed by atoms with E-state index in [1.165, 1.54) is 5.06 Å². The van der Waals surface area contributed by atoms with E-state index in [-0.39, 0.29) is 17.7 Å². The smallest absolute Gasteiger partial charge is 0.307 e. The van der Waals surface area contributed by atoms with E-state index in [2.05, 4.69) is 0 Å². The summed E-state index contributed by atoms with van der Waals surface area (Å²) in [4.78, 5) is 29.1. The zero-order chi connectivity index (χ0) is 12.7. The van der Waals surface area contributed by atoms with Crippen LogP contribution in [0.2, 0.25) is 0 Å². The highest BCUT2D eigenvalue weighted by Crippen LogP contribution is 2.48. The molecule has 1 saturated heterocycles. The molecule has 0 aromatic rings. The lowest BCUT2D eigenvalue weighted by atomic mass is 9.82. The predicted octanol–water partition coefficient (Wildman–Crippen LogP) is 1.06. The van der Waals surface area contributed by atoms with Crippen molar-refractivity contribution in [3.05, 3.63) is 12.2 Å². The number of fused-ring (bicyclic) bond motifs is 2. The van der Waals surface area contributed by atoms with Crippen LogP contribution in [0, 0.1) is 23.7 Å². The molecule has 2 aliphatic carbocycles. The summed E-state index contributed by atoms with van der Waals surface area (Å²) in [7, 11) is 0. The third-order valence-corrected chi connectivity index (χ3v) is 4.28. The van der Waals surface area contributed by atoms with Gasteiger partial charge in [0.25, 0.3) is 5.91 Å². The molecule has 1 saturated carbocycles. The minimum Gasteiger partial charge on any atom is -0.481 e. The van der Waals surface area contributed by atoms with Crippen molar-refractivity contribution in [2.75, 3.05) is 13.2 Å². The lowest BCUT2D eigenvalue weighted by molar-refractivity contribution is -0.204. The fraction of sp³-hybridized carbons (Fsp3) is 0.692. The maximum Gasteiger partial charge on any atom is 0.307 e. The number of aliphatic carboxylic acids is 1. The summed E-state index contributed by atoms with van der Waals surface area (Å²) in [6.07, 6.45) is 6.63. The zero-order valence-electron chi connectivity index (χ0n) is 10.1. The first-order chi connectivity index (χ1) is 8.68. The van der Waals surface area contributed by atoms with E-state index in [1.807, 2.05) is 12.2 Å². The Bertz CT molecular complexity index is 400. The van der Waals surface area contributed by atoms with Crippen LogP contribution in [0.5, 0.6) is 0 Å². The molecule has 98 valence electrons. The second-order valence-corrected chi connectivity index (χ2v) is 5.32. The molecule has 1 amide bonds. The van der Waals surface area contributed by atoms with Crippen molar-refractivity contribution in [2.24, 2.45) is 23.7 Å². The molecule has 1 N–H and O–H groups in total. The van der Waals surface area contributed by atoms with E-state index in [1.54, 1.807) is 0 Å². The van der Waals surface area contributed by atoms with Crippen molar-refractivity contribution in [2.45, 2.75) is 19.3 Å². The van der Waals surface area contributed by atoms with Crippen molar-refractivity contribution in [1.82, 2.24) is 5.06 Å². The Morgan fingerprint density at radius 2 is 1.89 bits per heavy atom. The number of hydrogen-bond donors (Lipinski definition) is 1. The van der Waals surface area contributed by atoms with Crippen molar-refractivity contribution in [3.63, 3.8) is 0 Å². The molecule has 2 bridgehead atoms. The number of amides is 1. The van der Waals surface area contributed by atoms with E-state index >= 15 is 0 Å². The Labute approximate surface area is 105 Å². The minimum absolute atomic E-state index is 0.0197. The van der Waals surface area contributed by atoms with Gasteiger partial charge in [-0.05, 0) is 31.1 Å². The van der Waals surface area contributed by atoms with Gasteiger partial charge in [-0.2, -0.15) is 0 Å². The van der Waals surface area contributed by atoms with Gasteiger partial charge in [-0.1, -0.05) is 12.2 Å². The van der Waals surface area contributed by atoms with Crippen molar-refractivity contribution in [1.29, 1.82) is 0 Å². The van der Waals surface area contributed by atoms with Gasteiger partial charge in [0.1, 0.15) is 0 Å². The summed E-state index contributed by atoms with van der Waals surface area (Å²) < 4.78 is 0. The van der Waals surface area contributed by atoms with Crippen LogP contribution in [0.4, 0.5) is 0 Å². The lowest BCUT2D eigenvalue weighted by Crippen LogP contribution is -2.44. The largest absolute Gasteiger partial charge is 0.481 e. The molecule has 3 rings (SSSR count). The number of carboxylic acids is 1. The topological polar surface area (TPSA) is 66.8 Å². The molecule has 1 aliphatic heterocycles. The number of carbonyl (C=O) groups excluding carboxylic acids is 1. The Balaban J connectivity index is 1.79. The number of rotatable bonds is 2. The number of hydroxylamine groups is 2. The standard InChI is InChI=1S/C13H17NO4/c15-12(14-5-1-2-6-18-14)10-8-3-4-9(7-8)11(10)13(16)17/h3-4,8-11H,1-2,5-7H2,(H,16,17). The number of carboxylic acid groups (broad SMARTS) is 1. The van der Waals surface area contributed by atoms with Crippen LogP contribution in [0.25, 0.3) is 0 Å². The lowest BCUT2D eigenvalue weighted by Gasteiger charge is -2.32. The molecule has 5 nitrogen and oxygen atoms in total. The van der Waals surface area contributed by atoms with E-state index < -0.39 is 17.8 Å². The van der Waals surface area contributed by atoms with Gasteiger partial charge in [-0.3, -0.25) is 14.4 Å². The zero-order valence-corrected chi connectivity index (χ0v) is 10.1. The average molecular weight is 251 g/mol. The summed E-state index contributed by atoms with van der Waals surface area (Å²) in [6.45, 7) is 1.14. The fourth-order valence-electron chi connectivity index (χ4n) is 3.43. The SMILES string of the molecule is O=C(O)C1C2C=CC(C2)C1C(=O)N1CCCCO1. The monoisotopic (exact) mass is 251 g/mol. The first-order valence-corrected chi connectivity index (χ1v) is 6.54. The van der Waals surface area contributed by atoms with Gasteiger partial charge >= 0.3 is 5.97 Å². The molecule has 1 heterocycles. The Morgan fingerprint density at radius 1 is 1.17 bits per heavy atom. The van der Waals surface area contributed by atoms with E-state index in [0.29, 0.717) is 13.2 Å². The molecule has 2 fully saturated rings. The van der Waals surface area contributed by atoms with Gasteiger partial charge in [-0.25, -0.2) is 5.06 Å². The van der Waals surface area contributed by atoms with Gasteiger partial charge in [0.15, 0.2) is 0 Å². The minimum atomic E-state index is -0.859. The Morgan fingerprint density at radius 3 is 2.50 bits per heavy atom. The highest BCUT2D eigenvalue weighted by Gasteiger charge is 2.52. The molecule has 5 heteroatoms. The predicted molar refractivity (Wildman–Crippen MR) is 62.3 cm³/mol. The van der Waals surface area contributed by atoms with Gasteiger partial charge < -0.3 is 5.11 Å². The summed E-state index contributed by atoms with van der Waals surface area (Å²) in [5.41, 5.74) is 0. The second kappa shape index (κ2) is 4.39. The molecule has 0 radical (unpaired) electrons. The van der Waals surface area contributed by atoms with E-state index in [9.17, 15) is 14.7 Å². The van der Waals surface area contributed by atoms with Gasteiger partial charge in [0, 0.05) is 6.54 Å². The summed E-state index contributed by atoms with van der Waals surface area (Å²) >= 11 is 0. The number of nitrogens with zero attached hydrogens (tertiary/aromatic N) is 1. The molecule has 18 heavy (non-hydrogen) atoms. The average Bonchev–Trinajstić information content (AvgIpc) is 2.99. The van der Waals surface area contributed by atoms with Crippen LogP contribution in [-0.4, -0.2) is 35.2 Å². The maximum atomic E-state index is 12.4. The molecular formula is C13H17NO4. The summed E-state index contributed by atoms with van der Waals surface area (Å²) in [6, 6.07) is 0. The van der Waals surface area contributed by atoms with Crippen LogP contribution in [-0.2, 0) is 14.4 Å². The number of hydrogen-bond acceptors (Lipinski definition) is 3. The Kier molecular flexibility index (Phi) is 2.86. The van der Waals surface area contributed by atoms with Crippen LogP contribution >= 0.6 is 0 Å². The van der Waals surface area contributed by atoms with Crippen LogP contribution in [0.1, 0.15) is 19.3 Å². The molecule has 4 unspecified atom stereocenters. The first-order valence-electron chi connectivity index (χ1n) is 6.54. The Hall–Kier alpha value is -1.36. The summed E-state index contributed by atoms with van der Waals surface area (Å²) in [5, 5.41) is 10.7.